The Morgan fingerprint density at radius 3 is 2.52 bits per heavy atom. The highest BCUT2D eigenvalue weighted by atomic mass is 35.5. The van der Waals surface area contributed by atoms with Gasteiger partial charge in [-0.15, -0.1) is 0 Å². The van der Waals surface area contributed by atoms with Crippen LogP contribution in [0.5, 0.6) is 5.75 Å². The minimum Gasteiger partial charge on any atom is -0.485 e. The first kappa shape index (κ1) is 23.6. The molecule has 0 saturated heterocycles. The van der Waals surface area contributed by atoms with Crippen molar-refractivity contribution in [3.05, 3.63) is 94.3 Å². The molecule has 0 spiro atoms. The van der Waals surface area contributed by atoms with Gasteiger partial charge in [-0.25, -0.2) is 4.39 Å². The van der Waals surface area contributed by atoms with Gasteiger partial charge in [0.2, 0.25) is 0 Å². The molecule has 0 amide bonds. The largest absolute Gasteiger partial charge is 0.485 e. The monoisotopic (exact) mass is 469 g/mol. The standard InChI is InChI=1S/C27H29ClFNO3/c1-4-31-25-22-15-21(30-16-18-9-11-20(29)12-10-18)13-14-24(22)33-27(2,3)26(25)32-17-19-7-5-6-8-23(19)28/h5-15,25-26,30H,4,16-17H2,1-3H3. The molecular weight excluding hydrogens is 441 g/mol. The number of anilines is 1. The molecule has 0 aromatic heterocycles. The van der Waals surface area contributed by atoms with Gasteiger partial charge in [0, 0.05) is 29.4 Å². The Labute approximate surface area is 199 Å². The summed E-state index contributed by atoms with van der Waals surface area (Å²) in [5.74, 6) is 0.540. The molecule has 4 rings (SSSR count). The highest BCUT2D eigenvalue weighted by molar-refractivity contribution is 6.31. The van der Waals surface area contributed by atoms with Gasteiger partial charge in [-0.05, 0) is 68.3 Å². The maximum Gasteiger partial charge on any atom is 0.132 e. The van der Waals surface area contributed by atoms with Crippen molar-refractivity contribution in [2.75, 3.05) is 11.9 Å². The fraction of sp³-hybridized carbons (Fsp3) is 0.333. The van der Waals surface area contributed by atoms with Crippen molar-refractivity contribution in [3.8, 4) is 5.75 Å². The first-order valence-corrected chi connectivity index (χ1v) is 11.5. The van der Waals surface area contributed by atoms with E-state index in [0.717, 1.165) is 28.1 Å². The van der Waals surface area contributed by atoms with E-state index in [0.29, 0.717) is 24.8 Å². The Bertz CT molecular complexity index is 1090. The van der Waals surface area contributed by atoms with Gasteiger partial charge in [-0.1, -0.05) is 41.9 Å². The summed E-state index contributed by atoms with van der Waals surface area (Å²) >= 11 is 6.33. The molecule has 2 atom stereocenters. The number of rotatable bonds is 8. The summed E-state index contributed by atoms with van der Waals surface area (Å²) in [6.07, 6.45) is -0.641. The summed E-state index contributed by atoms with van der Waals surface area (Å²) in [7, 11) is 0. The second-order valence-electron chi connectivity index (χ2n) is 8.64. The zero-order valence-electron chi connectivity index (χ0n) is 19.1. The maximum atomic E-state index is 13.2. The van der Waals surface area contributed by atoms with Crippen molar-refractivity contribution in [2.45, 2.75) is 51.7 Å². The van der Waals surface area contributed by atoms with Crippen LogP contribution in [0.25, 0.3) is 0 Å². The van der Waals surface area contributed by atoms with Gasteiger partial charge in [0.05, 0.1) is 6.61 Å². The van der Waals surface area contributed by atoms with Crippen LogP contribution in [0.2, 0.25) is 5.02 Å². The normalized spacial score (nSPS) is 18.9. The maximum absolute atomic E-state index is 13.2. The van der Waals surface area contributed by atoms with Gasteiger partial charge in [0.15, 0.2) is 0 Å². The van der Waals surface area contributed by atoms with Gasteiger partial charge >= 0.3 is 0 Å². The van der Waals surface area contributed by atoms with Crippen molar-refractivity contribution in [2.24, 2.45) is 0 Å². The zero-order valence-corrected chi connectivity index (χ0v) is 19.9. The summed E-state index contributed by atoms with van der Waals surface area (Å²) < 4.78 is 32.1. The first-order chi connectivity index (χ1) is 15.9. The van der Waals surface area contributed by atoms with Crippen LogP contribution in [-0.2, 0) is 22.6 Å². The number of hydrogen-bond donors (Lipinski definition) is 1. The van der Waals surface area contributed by atoms with Crippen molar-refractivity contribution < 1.29 is 18.6 Å². The smallest absolute Gasteiger partial charge is 0.132 e. The molecule has 1 aliphatic rings. The van der Waals surface area contributed by atoms with Crippen LogP contribution in [-0.4, -0.2) is 18.3 Å². The molecule has 0 fully saturated rings. The predicted octanol–water partition coefficient (Wildman–Crippen LogP) is 6.93. The summed E-state index contributed by atoms with van der Waals surface area (Å²) in [5, 5.41) is 4.08. The van der Waals surface area contributed by atoms with Gasteiger partial charge < -0.3 is 19.5 Å². The lowest BCUT2D eigenvalue weighted by molar-refractivity contribution is -0.165. The van der Waals surface area contributed by atoms with Crippen molar-refractivity contribution in [1.29, 1.82) is 0 Å². The Morgan fingerprint density at radius 1 is 1.03 bits per heavy atom. The quantitative estimate of drug-likeness (QED) is 0.388. The number of benzene rings is 3. The third-order valence-corrected chi connectivity index (χ3v) is 6.15. The number of nitrogens with one attached hydrogen (secondary N) is 1. The molecule has 6 heteroatoms. The van der Waals surface area contributed by atoms with Crippen LogP contribution in [0.4, 0.5) is 10.1 Å². The third kappa shape index (κ3) is 5.49. The third-order valence-electron chi connectivity index (χ3n) is 5.78. The van der Waals surface area contributed by atoms with Crippen LogP contribution in [0.15, 0.2) is 66.7 Å². The number of ether oxygens (including phenoxy) is 3. The molecule has 0 aliphatic carbocycles. The van der Waals surface area contributed by atoms with Crippen LogP contribution >= 0.6 is 11.6 Å². The van der Waals surface area contributed by atoms with E-state index in [9.17, 15) is 4.39 Å². The fourth-order valence-corrected chi connectivity index (χ4v) is 4.28. The van der Waals surface area contributed by atoms with Gasteiger partial charge in [-0.3, -0.25) is 0 Å². The van der Waals surface area contributed by atoms with Crippen LogP contribution in [0, 0.1) is 5.82 Å². The minimum absolute atomic E-state index is 0.241. The number of fused-ring (bicyclic) bond motifs is 1. The molecule has 0 saturated carbocycles. The highest BCUT2D eigenvalue weighted by Gasteiger charge is 2.45. The summed E-state index contributed by atoms with van der Waals surface area (Å²) in [5.41, 5.74) is 3.18. The van der Waals surface area contributed by atoms with Gasteiger partial charge in [-0.2, -0.15) is 0 Å². The predicted molar refractivity (Wildman–Crippen MR) is 129 cm³/mol. The molecule has 4 nitrogen and oxygen atoms in total. The van der Waals surface area contributed by atoms with E-state index in [1.54, 1.807) is 12.1 Å². The van der Waals surface area contributed by atoms with Gasteiger partial charge in [0.25, 0.3) is 0 Å². The molecule has 0 radical (unpaired) electrons. The second kappa shape index (κ2) is 10.1. The average Bonchev–Trinajstić information content (AvgIpc) is 2.79. The lowest BCUT2D eigenvalue weighted by Crippen LogP contribution is -2.51. The molecule has 3 aromatic rings. The van der Waals surface area contributed by atoms with Crippen molar-refractivity contribution in [1.82, 2.24) is 0 Å². The van der Waals surface area contributed by atoms with Crippen LogP contribution in [0.1, 0.15) is 43.6 Å². The van der Waals surface area contributed by atoms with E-state index in [2.05, 4.69) is 5.32 Å². The first-order valence-electron chi connectivity index (χ1n) is 11.2. The van der Waals surface area contributed by atoms with Gasteiger partial charge in [0.1, 0.15) is 29.4 Å². The molecule has 3 aromatic carbocycles. The number of hydrogen-bond acceptors (Lipinski definition) is 4. The highest BCUT2D eigenvalue weighted by Crippen LogP contribution is 2.44. The molecular formula is C27H29ClFNO3. The lowest BCUT2D eigenvalue weighted by Gasteiger charge is -2.44. The lowest BCUT2D eigenvalue weighted by atomic mass is 9.87. The minimum atomic E-state index is -0.600. The van der Waals surface area contributed by atoms with Crippen molar-refractivity contribution in [3.63, 3.8) is 0 Å². The second-order valence-corrected chi connectivity index (χ2v) is 9.04. The topological polar surface area (TPSA) is 39.7 Å². The van der Waals surface area contributed by atoms with E-state index in [-0.39, 0.29) is 18.0 Å². The fourth-order valence-electron chi connectivity index (χ4n) is 4.09. The molecule has 1 heterocycles. The van der Waals surface area contributed by atoms with E-state index in [1.165, 1.54) is 12.1 Å². The van der Waals surface area contributed by atoms with Crippen molar-refractivity contribution >= 4 is 17.3 Å². The molecule has 1 aliphatic heterocycles. The molecule has 33 heavy (non-hydrogen) atoms. The SMILES string of the molecule is CCOC1c2cc(NCc3ccc(F)cc3)ccc2OC(C)(C)C1OCc1ccccc1Cl. The Kier molecular flexibility index (Phi) is 7.23. The van der Waals surface area contributed by atoms with E-state index in [1.807, 2.05) is 63.2 Å². The molecule has 1 N–H and O–H groups in total. The Hall–Kier alpha value is -2.60. The zero-order chi connectivity index (χ0) is 23.4. The molecule has 174 valence electrons. The molecule has 0 bridgehead atoms. The number of halogens is 2. The molecule has 2 unspecified atom stereocenters. The van der Waals surface area contributed by atoms with E-state index >= 15 is 0 Å². The summed E-state index contributed by atoms with van der Waals surface area (Å²) in [4.78, 5) is 0. The summed E-state index contributed by atoms with van der Waals surface area (Å²) in [6, 6.07) is 20.1. The van der Waals surface area contributed by atoms with Crippen LogP contribution < -0.4 is 10.1 Å². The Balaban J connectivity index is 1.56. The van der Waals surface area contributed by atoms with E-state index < -0.39 is 5.60 Å². The van der Waals surface area contributed by atoms with E-state index in [4.69, 9.17) is 25.8 Å². The van der Waals surface area contributed by atoms with Crippen LogP contribution in [0.3, 0.4) is 0 Å². The Morgan fingerprint density at radius 2 is 1.79 bits per heavy atom. The average molecular weight is 470 g/mol. The summed E-state index contributed by atoms with van der Waals surface area (Å²) in [6.45, 7) is 7.48.